The van der Waals surface area contributed by atoms with Crippen LogP contribution in [-0.2, 0) is 4.79 Å². The number of ether oxygens (including phenoxy) is 1. The van der Waals surface area contributed by atoms with Gasteiger partial charge in [0.05, 0.1) is 6.20 Å². The minimum atomic E-state index is -0.368. The molecule has 0 unspecified atom stereocenters. The van der Waals surface area contributed by atoms with Crippen LogP contribution in [0.4, 0.5) is 10.1 Å². The molecule has 1 saturated heterocycles. The van der Waals surface area contributed by atoms with Crippen LogP contribution in [0.5, 0.6) is 5.75 Å². The van der Waals surface area contributed by atoms with Crippen LogP contribution in [0, 0.1) is 5.82 Å². The molecule has 0 radical (unpaired) electrons. The van der Waals surface area contributed by atoms with Gasteiger partial charge in [-0.2, -0.15) is 0 Å². The molecule has 3 aromatic rings. The Kier molecular flexibility index (Phi) is 6.75. The van der Waals surface area contributed by atoms with Crippen molar-refractivity contribution in [1.82, 2.24) is 14.5 Å². The molecule has 9 heteroatoms. The molecule has 1 aromatic heterocycles. The first kappa shape index (κ1) is 21.9. The first-order valence-electron chi connectivity index (χ1n) is 10.2. The quantitative estimate of drug-likeness (QED) is 0.547. The van der Waals surface area contributed by atoms with Gasteiger partial charge < -0.3 is 15.0 Å². The van der Waals surface area contributed by atoms with E-state index in [1.54, 1.807) is 45.9 Å². The standard InChI is InChI=1S/C23H23FN4O3S/c1-32-23-25-14-20(28(23)18-9-7-16(24)8-10-18)22(30)26-17-5-4-6-19(13-17)31-15-21(29)27-11-2-3-12-27/h4-10,13-14H,2-3,11-12,15H2,1H3,(H,26,30). The van der Waals surface area contributed by atoms with E-state index < -0.39 is 0 Å². The fraction of sp³-hybridized carbons (Fsp3) is 0.261. The third kappa shape index (κ3) is 4.94. The molecule has 2 heterocycles. The average Bonchev–Trinajstić information content (AvgIpc) is 3.48. The highest BCUT2D eigenvalue weighted by Crippen LogP contribution is 2.24. The van der Waals surface area contributed by atoms with E-state index in [1.807, 2.05) is 6.26 Å². The highest BCUT2D eigenvalue weighted by Gasteiger charge is 2.19. The molecule has 4 rings (SSSR count). The van der Waals surface area contributed by atoms with Crippen molar-refractivity contribution in [2.75, 3.05) is 31.3 Å². The lowest BCUT2D eigenvalue weighted by Gasteiger charge is -2.16. The van der Waals surface area contributed by atoms with Crippen LogP contribution >= 0.6 is 11.8 Å². The third-order valence-corrected chi connectivity index (χ3v) is 5.80. The largest absolute Gasteiger partial charge is 0.484 e. The molecule has 1 N–H and O–H groups in total. The predicted octanol–water partition coefficient (Wildman–Crippen LogP) is 3.99. The molecule has 1 aliphatic heterocycles. The summed E-state index contributed by atoms with van der Waals surface area (Å²) in [7, 11) is 0. The molecule has 1 aliphatic rings. The zero-order valence-corrected chi connectivity index (χ0v) is 18.4. The number of likely N-dealkylation sites (tertiary alicyclic amines) is 1. The number of imidazole rings is 1. The van der Waals surface area contributed by atoms with Gasteiger partial charge in [-0.3, -0.25) is 14.2 Å². The summed E-state index contributed by atoms with van der Waals surface area (Å²) in [5.41, 5.74) is 1.48. The Morgan fingerprint density at radius 1 is 1.16 bits per heavy atom. The smallest absolute Gasteiger partial charge is 0.274 e. The summed E-state index contributed by atoms with van der Waals surface area (Å²) >= 11 is 1.38. The minimum absolute atomic E-state index is 0.0359. The summed E-state index contributed by atoms with van der Waals surface area (Å²) < 4.78 is 20.7. The van der Waals surface area contributed by atoms with Crippen LogP contribution in [0.3, 0.4) is 0 Å². The molecule has 1 fully saturated rings. The van der Waals surface area contributed by atoms with Gasteiger partial charge in [0.15, 0.2) is 11.8 Å². The van der Waals surface area contributed by atoms with E-state index >= 15 is 0 Å². The van der Waals surface area contributed by atoms with Crippen molar-refractivity contribution in [3.05, 3.63) is 66.2 Å². The lowest BCUT2D eigenvalue weighted by Crippen LogP contribution is -2.32. The SMILES string of the molecule is CSc1ncc(C(=O)Nc2cccc(OCC(=O)N3CCCC3)c2)n1-c1ccc(F)cc1. The molecular formula is C23H23FN4O3S. The van der Waals surface area contributed by atoms with Gasteiger partial charge in [0.2, 0.25) is 0 Å². The zero-order chi connectivity index (χ0) is 22.5. The molecule has 2 amide bonds. The van der Waals surface area contributed by atoms with Crippen LogP contribution in [0.15, 0.2) is 59.9 Å². The molecule has 0 spiro atoms. The van der Waals surface area contributed by atoms with Crippen molar-refractivity contribution in [3.63, 3.8) is 0 Å². The van der Waals surface area contributed by atoms with Crippen LogP contribution < -0.4 is 10.1 Å². The second-order valence-electron chi connectivity index (χ2n) is 7.30. The summed E-state index contributed by atoms with van der Waals surface area (Å²) in [5, 5.41) is 3.45. The Hall–Kier alpha value is -3.33. The Balaban J connectivity index is 1.47. The summed E-state index contributed by atoms with van der Waals surface area (Å²) in [4.78, 5) is 31.3. The average molecular weight is 455 g/mol. The number of benzene rings is 2. The number of hydrogen-bond donors (Lipinski definition) is 1. The lowest BCUT2D eigenvalue weighted by atomic mass is 10.2. The van der Waals surface area contributed by atoms with E-state index in [0.29, 0.717) is 28.0 Å². The van der Waals surface area contributed by atoms with Crippen LogP contribution in [0.2, 0.25) is 0 Å². The van der Waals surface area contributed by atoms with E-state index in [1.165, 1.54) is 30.1 Å². The van der Waals surface area contributed by atoms with E-state index in [4.69, 9.17) is 4.74 Å². The second-order valence-corrected chi connectivity index (χ2v) is 8.07. The highest BCUT2D eigenvalue weighted by atomic mass is 32.2. The maximum absolute atomic E-state index is 13.4. The highest BCUT2D eigenvalue weighted by molar-refractivity contribution is 7.98. The van der Waals surface area contributed by atoms with Crippen molar-refractivity contribution in [1.29, 1.82) is 0 Å². The fourth-order valence-corrected chi connectivity index (χ4v) is 4.08. The molecule has 0 saturated carbocycles. The number of hydrogen-bond acceptors (Lipinski definition) is 5. The van der Waals surface area contributed by atoms with Gasteiger partial charge in [-0.1, -0.05) is 17.8 Å². The number of thioether (sulfide) groups is 1. The number of aromatic nitrogens is 2. The molecule has 0 atom stereocenters. The fourth-order valence-electron chi connectivity index (χ4n) is 3.54. The molecule has 7 nitrogen and oxygen atoms in total. The maximum Gasteiger partial charge on any atom is 0.274 e. The normalized spacial score (nSPS) is 13.2. The van der Waals surface area contributed by atoms with Gasteiger partial charge in [-0.15, -0.1) is 0 Å². The van der Waals surface area contributed by atoms with Crippen LogP contribution in [0.25, 0.3) is 5.69 Å². The zero-order valence-electron chi connectivity index (χ0n) is 17.6. The number of carbonyl (C=O) groups excluding carboxylic acids is 2. The molecular weight excluding hydrogens is 431 g/mol. The number of nitrogens with zero attached hydrogens (tertiary/aromatic N) is 3. The summed E-state index contributed by atoms with van der Waals surface area (Å²) in [6, 6.07) is 12.8. The molecule has 0 aliphatic carbocycles. The van der Waals surface area contributed by atoms with Gasteiger partial charge in [0.1, 0.15) is 17.3 Å². The van der Waals surface area contributed by atoms with Crippen molar-refractivity contribution in [3.8, 4) is 11.4 Å². The van der Waals surface area contributed by atoms with Gasteiger partial charge in [0, 0.05) is 30.5 Å². The molecule has 2 aromatic carbocycles. The molecule has 0 bridgehead atoms. The first-order valence-corrected chi connectivity index (χ1v) is 11.5. The number of amides is 2. The van der Waals surface area contributed by atoms with Crippen molar-refractivity contribution in [2.24, 2.45) is 0 Å². The number of halogens is 1. The Labute approximate surface area is 189 Å². The van der Waals surface area contributed by atoms with E-state index in [2.05, 4.69) is 10.3 Å². The van der Waals surface area contributed by atoms with E-state index in [-0.39, 0.29) is 24.2 Å². The summed E-state index contributed by atoms with van der Waals surface area (Å²) in [5.74, 6) is -0.269. The van der Waals surface area contributed by atoms with Crippen LogP contribution in [0.1, 0.15) is 23.3 Å². The minimum Gasteiger partial charge on any atom is -0.484 e. The monoisotopic (exact) mass is 454 g/mol. The van der Waals surface area contributed by atoms with E-state index in [9.17, 15) is 14.0 Å². The number of rotatable bonds is 7. The van der Waals surface area contributed by atoms with E-state index in [0.717, 1.165) is 25.9 Å². The summed E-state index contributed by atoms with van der Waals surface area (Å²) in [6.45, 7) is 1.52. The first-order chi connectivity index (χ1) is 15.5. The topological polar surface area (TPSA) is 76.5 Å². The summed E-state index contributed by atoms with van der Waals surface area (Å²) in [6.07, 6.45) is 5.40. The van der Waals surface area contributed by atoms with Crippen molar-refractivity contribution < 1.29 is 18.7 Å². The van der Waals surface area contributed by atoms with Crippen molar-refractivity contribution in [2.45, 2.75) is 18.0 Å². The third-order valence-electron chi connectivity index (χ3n) is 5.14. The predicted molar refractivity (Wildman–Crippen MR) is 121 cm³/mol. The van der Waals surface area contributed by atoms with Crippen LogP contribution in [-0.4, -0.2) is 52.2 Å². The Morgan fingerprint density at radius 3 is 2.62 bits per heavy atom. The maximum atomic E-state index is 13.4. The van der Waals surface area contributed by atoms with Gasteiger partial charge in [-0.25, -0.2) is 9.37 Å². The van der Waals surface area contributed by atoms with Gasteiger partial charge in [0.25, 0.3) is 11.8 Å². The number of anilines is 1. The van der Waals surface area contributed by atoms with Gasteiger partial charge in [-0.05, 0) is 55.5 Å². The number of nitrogens with one attached hydrogen (secondary N) is 1. The van der Waals surface area contributed by atoms with Gasteiger partial charge >= 0.3 is 0 Å². The lowest BCUT2D eigenvalue weighted by molar-refractivity contribution is -0.132. The Bertz CT molecular complexity index is 1110. The van der Waals surface area contributed by atoms with Crippen molar-refractivity contribution >= 4 is 29.3 Å². The number of carbonyl (C=O) groups is 2. The second kappa shape index (κ2) is 9.86. The molecule has 166 valence electrons. The Morgan fingerprint density at radius 2 is 1.91 bits per heavy atom. The molecule has 32 heavy (non-hydrogen) atoms.